The summed E-state index contributed by atoms with van der Waals surface area (Å²) in [5, 5.41) is 2.79. The number of aromatic nitrogens is 1. The van der Waals surface area contributed by atoms with Gasteiger partial charge in [0.25, 0.3) is 0 Å². The number of hydrogen-bond donors (Lipinski definition) is 1. The average molecular weight is 366 g/mol. The Bertz CT molecular complexity index is 954. The van der Waals surface area contributed by atoms with Crippen LogP contribution in [0.15, 0.2) is 72.9 Å². The Morgan fingerprint density at radius 2 is 1.59 bits per heavy atom. The van der Waals surface area contributed by atoms with Gasteiger partial charge in [0.05, 0.1) is 5.56 Å². The number of halogens is 3. The summed E-state index contributed by atoms with van der Waals surface area (Å²) in [7, 11) is 0. The van der Waals surface area contributed by atoms with Gasteiger partial charge in [0, 0.05) is 23.9 Å². The Morgan fingerprint density at radius 3 is 2.37 bits per heavy atom. The van der Waals surface area contributed by atoms with Crippen molar-refractivity contribution in [3.05, 3.63) is 95.2 Å². The zero-order chi connectivity index (χ0) is 19.1. The molecule has 0 saturated heterocycles. The van der Waals surface area contributed by atoms with Crippen molar-refractivity contribution in [1.82, 2.24) is 4.98 Å². The summed E-state index contributed by atoms with van der Waals surface area (Å²) in [6.45, 7) is 0.324. The molecule has 0 unspecified atom stereocenters. The normalized spacial score (nSPS) is 10.8. The van der Waals surface area contributed by atoms with Gasteiger partial charge in [0.15, 0.2) is 0 Å². The van der Waals surface area contributed by atoms with E-state index >= 15 is 0 Å². The largest absolute Gasteiger partial charge is 0.419 e. The van der Waals surface area contributed by atoms with Gasteiger partial charge in [-0.2, -0.15) is 13.2 Å². The second kappa shape index (κ2) is 8.41. The molecular weight excluding hydrogens is 349 g/mol. The third-order valence-corrected chi connectivity index (χ3v) is 3.93. The fourth-order valence-corrected chi connectivity index (χ4v) is 2.61. The SMILES string of the molecule is FC(F)(F)c1cccnc1NCCc1ccccc1C#Cc1ccccc1. The topological polar surface area (TPSA) is 24.9 Å². The fraction of sp³-hybridized carbons (Fsp3) is 0.136. The molecule has 0 aliphatic heterocycles. The first-order chi connectivity index (χ1) is 13.0. The predicted molar refractivity (Wildman–Crippen MR) is 100 cm³/mol. The number of alkyl halides is 3. The van der Waals surface area contributed by atoms with Crippen LogP contribution in [-0.4, -0.2) is 11.5 Å². The Morgan fingerprint density at radius 1 is 0.852 bits per heavy atom. The van der Waals surface area contributed by atoms with Gasteiger partial charge in [-0.3, -0.25) is 0 Å². The highest BCUT2D eigenvalue weighted by atomic mass is 19.4. The summed E-state index contributed by atoms with van der Waals surface area (Å²) in [5.41, 5.74) is 1.98. The molecule has 27 heavy (non-hydrogen) atoms. The van der Waals surface area contributed by atoms with E-state index in [2.05, 4.69) is 22.1 Å². The Kier molecular flexibility index (Phi) is 5.77. The predicted octanol–water partition coefficient (Wildman–Crippen LogP) is 5.15. The van der Waals surface area contributed by atoms with Crippen LogP contribution in [-0.2, 0) is 12.6 Å². The van der Waals surface area contributed by atoms with Gasteiger partial charge < -0.3 is 5.32 Å². The first-order valence-electron chi connectivity index (χ1n) is 8.45. The maximum atomic E-state index is 13.0. The van der Waals surface area contributed by atoms with E-state index in [1.54, 1.807) is 0 Å². The summed E-state index contributed by atoms with van der Waals surface area (Å²) < 4.78 is 39.1. The molecule has 2 nitrogen and oxygen atoms in total. The number of hydrogen-bond acceptors (Lipinski definition) is 2. The van der Waals surface area contributed by atoms with E-state index in [0.717, 1.165) is 22.8 Å². The minimum atomic E-state index is -4.43. The Balaban J connectivity index is 1.71. The molecule has 3 rings (SSSR count). The molecule has 1 heterocycles. The molecule has 0 bridgehead atoms. The van der Waals surface area contributed by atoms with Gasteiger partial charge in [-0.05, 0) is 42.3 Å². The van der Waals surface area contributed by atoms with Crippen LogP contribution in [0, 0.1) is 11.8 Å². The van der Waals surface area contributed by atoms with Crippen molar-refractivity contribution in [2.75, 3.05) is 11.9 Å². The number of pyridine rings is 1. The van der Waals surface area contributed by atoms with Crippen LogP contribution < -0.4 is 5.32 Å². The third kappa shape index (κ3) is 5.11. The Hall–Kier alpha value is -3.26. The maximum absolute atomic E-state index is 13.0. The third-order valence-electron chi connectivity index (χ3n) is 3.93. The van der Waals surface area contributed by atoms with E-state index < -0.39 is 11.7 Å². The number of benzene rings is 2. The second-order valence-electron chi connectivity index (χ2n) is 5.85. The van der Waals surface area contributed by atoms with Gasteiger partial charge in [0.2, 0.25) is 0 Å². The van der Waals surface area contributed by atoms with Crippen LogP contribution in [0.5, 0.6) is 0 Å². The molecule has 0 amide bonds. The summed E-state index contributed by atoms with van der Waals surface area (Å²) in [6, 6.07) is 19.6. The molecule has 0 aliphatic rings. The van der Waals surface area contributed by atoms with Crippen molar-refractivity contribution in [2.45, 2.75) is 12.6 Å². The maximum Gasteiger partial charge on any atom is 0.419 e. The van der Waals surface area contributed by atoms with Gasteiger partial charge >= 0.3 is 6.18 Å². The van der Waals surface area contributed by atoms with Crippen LogP contribution in [0.25, 0.3) is 0 Å². The van der Waals surface area contributed by atoms with E-state index in [9.17, 15) is 13.2 Å². The highest BCUT2D eigenvalue weighted by Gasteiger charge is 2.33. The molecule has 0 radical (unpaired) electrons. The first kappa shape index (κ1) is 18.5. The minimum absolute atomic E-state index is 0.155. The van der Waals surface area contributed by atoms with Crippen molar-refractivity contribution >= 4 is 5.82 Å². The van der Waals surface area contributed by atoms with Crippen LogP contribution >= 0.6 is 0 Å². The highest BCUT2D eigenvalue weighted by molar-refractivity contribution is 5.48. The van der Waals surface area contributed by atoms with Crippen LogP contribution in [0.1, 0.15) is 22.3 Å². The molecule has 1 aromatic heterocycles. The monoisotopic (exact) mass is 366 g/mol. The lowest BCUT2D eigenvalue weighted by Gasteiger charge is -2.13. The molecule has 0 fully saturated rings. The fourth-order valence-electron chi connectivity index (χ4n) is 2.61. The molecule has 1 N–H and O–H groups in total. The zero-order valence-corrected chi connectivity index (χ0v) is 14.4. The van der Waals surface area contributed by atoms with Crippen LogP contribution in [0.3, 0.4) is 0 Å². The van der Waals surface area contributed by atoms with Gasteiger partial charge in [-0.15, -0.1) is 0 Å². The lowest BCUT2D eigenvalue weighted by atomic mass is 10.0. The smallest absolute Gasteiger partial charge is 0.369 e. The lowest BCUT2D eigenvalue weighted by molar-refractivity contribution is -0.137. The average Bonchev–Trinajstić information content (AvgIpc) is 2.68. The number of nitrogens with one attached hydrogen (secondary N) is 1. The molecule has 0 aliphatic carbocycles. The lowest BCUT2D eigenvalue weighted by Crippen LogP contribution is -2.14. The van der Waals surface area contributed by atoms with Gasteiger partial charge in [-0.1, -0.05) is 48.2 Å². The molecule has 0 spiro atoms. The van der Waals surface area contributed by atoms with Crippen molar-refractivity contribution in [3.8, 4) is 11.8 Å². The number of rotatable bonds is 4. The number of nitrogens with zero attached hydrogens (tertiary/aromatic N) is 1. The minimum Gasteiger partial charge on any atom is -0.369 e. The molecule has 5 heteroatoms. The van der Waals surface area contributed by atoms with E-state index in [1.165, 1.54) is 12.3 Å². The van der Waals surface area contributed by atoms with E-state index in [1.807, 2.05) is 54.6 Å². The number of anilines is 1. The molecule has 2 aromatic carbocycles. The summed E-state index contributed by atoms with van der Waals surface area (Å²) in [6.07, 6.45) is -2.56. The quantitative estimate of drug-likeness (QED) is 0.646. The van der Waals surface area contributed by atoms with Crippen molar-refractivity contribution in [1.29, 1.82) is 0 Å². The summed E-state index contributed by atoms with van der Waals surface area (Å²) >= 11 is 0. The van der Waals surface area contributed by atoms with E-state index in [0.29, 0.717) is 13.0 Å². The van der Waals surface area contributed by atoms with E-state index in [4.69, 9.17) is 0 Å². The molecular formula is C22H17F3N2. The zero-order valence-electron chi connectivity index (χ0n) is 14.4. The van der Waals surface area contributed by atoms with Crippen molar-refractivity contribution in [3.63, 3.8) is 0 Å². The van der Waals surface area contributed by atoms with Gasteiger partial charge in [-0.25, -0.2) is 4.98 Å². The van der Waals surface area contributed by atoms with Gasteiger partial charge in [0.1, 0.15) is 5.82 Å². The van der Waals surface area contributed by atoms with Crippen LogP contribution in [0.4, 0.5) is 19.0 Å². The summed E-state index contributed by atoms with van der Waals surface area (Å²) in [5.74, 6) is 6.09. The standard InChI is InChI=1S/C22H17F3N2/c23-22(24,25)20-11-6-15-26-21(20)27-16-14-19-10-5-4-9-18(19)13-12-17-7-2-1-3-8-17/h1-11,15H,14,16H2,(H,26,27). The van der Waals surface area contributed by atoms with Crippen molar-refractivity contribution < 1.29 is 13.2 Å². The summed E-state index contributed by atoms with van der Waals surface area (Å²) in [4.78, 5) is 3.82. The first-order valence-corrected chi connectivity index (χ1v) is 8.45. The molecule has 136 valence electrons. The Labute approximate surface area is 156 Å². The highest BCUT2D eigenvalue weighted by Crippen LogP contribution is 2.33. The van der Waals surface area contributed by atoms with Crippen molar-refractivity contribution in [2.24, 2.45) is 0 Å². The van der Waals surface area contributed by atoms with E-state index in [-0.39, 0.29) is 5.82 Å². The van der Waals surface area contributed by atoms with Crippen LogP contribution in [0.2, 0.25) is 0 Å². The molecule has 0 atom stereocenters. The molecule has 3 aromatic rings. The molecule has 0 saturated carbocycles. The second-order valence-corrected chi connectivity index (χ2v) is 5.85.